The maximum atomic E-state index is 11.4. The van der Waals surface area contributed by atoms with Gasteiger partial charge < -0.3 is 39.4 Å². The zero-order valence-electron chi connectivity index (χ0n) is 15.9. The zero-order valence-corrected chi connectivity index (χ0v) is 15.9. The minimum absolute atomic E-state index is 0.00123. The van der Waals surface area contributed by atoms with Crippen LogP contribution in [0.3, 0.4) is 0 Å². The molecule has 4 N–H and O–H groups in total. The highest BCUT2D eigenvalue weighted by Crippen LogP contribution is 2.25. The van der Waals surface area contributed by atoms with E-state index in [0.29, 0.717) is 24.0 Å². The van der Waals surface area contributed by atoms with E-state index in [1.807, 2.05) is 0 Å². The maximum Gasteiger partial charge on any atom is 0.508 e. The molecule has 0 heterocycles. The molecule has 0 aliphatic heterocycles. The van der Waals surface area contributed by atoms with E-state index in [4.69, 9.17) is 18.9 Å². The van der Waals surface area contributed by atoms with E-state index in [1.165, 1.54) is 24.3 Å². The average Bonchev–Trinajstić information content (AvgIpc) is 2.71. The monoisotopic (exact) mass is 422 g/mol. The van der Waals surface area contributed by atoms with Crippen molar-refractivity contribution >= 4 is 12.3 Å². The number of phenolic OH excluding ortho intramolecular Hbond substituents is 4. The minimum Gasteiger partial charge on any atom is -0.504 e. The molecule has 0 saturated heterocycles. The summed E-state index contributed by atoms with van der Waals surface area (Å²) in [5.74, 6) is -1.00. The molecule has 0 atom stereocenters. The molecule has 0 aromatic heterocycles. The number of aromatic hydroxyl groups is 4. The lowest BCUT2D eigenvalue weighted by Gasteiger charge is -2.08. The molecule has 2 aromatic carbocycles. The summed E-state index contributed by atoms with van der Waals surface area (Å²) < 4.78 is 19.2. The molecule has 0 spiro atoms. The van der Waals surface area contributed by atoms with Crippen LogP contribution in [0.15, 0.2) is 36.4 Å². The number of phenols is 4. The van der Waals surface area contributed by atoms with Crippen molar-refractivity contribution in [3.63, 3.8) is 0 Å². The van der Waals surface area contributed by atoms with Crippen molar-refractivity contribution < 1.29 is 49.0 Å². The highest BCUT2D eigenvalue weighted by Gasteiger charge is 2.08. The van der Waals surface area contributed by atoms with Crippen molar-refractivity contribution in [2.24, 2.45) is 0 Å². The average molecular weight is 422 g/mol. The predicted molar refractivity (Wildman–Crippen MR) is 102 cm³/mol. The van der Waals surface area contributed by atoms with Crippen LogP contribution in [0.1, 0.15) is 11.1 Å². The summed E-state index contributed by atoms with van der Waals surface area (Å²) >= 11 is 0. The van der Waals surface area contributed by atoms with Gasteiger partial charge >= 0.3 is 12.3 Å². The highest BCUT2D eigenvalue weighted by atomic mass is 16.7. The van der Waals surface area contributed by atoms with Crippen LogP contribution >= 0.6 is 0 Å². The Morgan fingerprint density at radius 1 is 0.567 bits per heavy atom. The Labute approximate surface area is 171 Å². The molecule has 0 fully saturated rings. The maximum absolute atomic E-state index is 11.4. The number of carbonyl (C=O) groups is 2. The third kappa shape index (κ3) is 7.66. The van der Waals surface area contributed by atoms with Crippen LogP contribution in [0.5, 0.6) is 23.0 Å². The van der Waals surface area contributed by atoms with Gasteiger partial charge in [-0.15, -0.1) is 0 Å². The third-order valence-electron chi connectivity index (χ3n) is 3.82. The zero-order chi connectivity index (χ0) is 21.9. The molecular weight excluding hydrogens is 400 g/mol. The molecule has 2 aromatic rings. The lowest BCUT2D eigenvalue weighted by molar-refractivity contribution is 0.0190. The van der Waals surface area contributed by atoms with Gasteiger partial charge in [0.25, 0.3) is 0 Å². The SMILES string of the molecule is O=C(OCCOC(=O)OCCc1ccc(O)c(O)c1)OCCc1ccc(O)c(O)c1. The standard InChI is InChI=1S/C20H22O10/c21-15-3-1-13(11-17(15)23)5-7-27-19(25)29-9-10-30-20(26)28-8-6-14-2-4-16(22)18(24)12-14/h1-4,11-12,21-24H,5-10H2. The Bertz CT molecular complexity index is 793. The summed E-state index contributed by atoms with van der Waals surface area (Å²) in [7, 11) is 0. The molecule has 0 amide bonds. The normalized spacial score (nSPS) is 10.3. The number of hydrogen-bond donors (Lipinski definition) is 4. The Morgan fingerprint density at radius 2 is 0.933 bits per heavy atom. The molecule has 0 aliphatic carbocycles. The molecule has 162 valence electrons. The van der Waals surface area contributed by atoms with Crippen LogP contribution in [0.4, 0.5) is 9.59 Å². The van der Waals surface area contributed by atoms with Crippen molar-refractivity contribution in [2.75, 3.05) is 26.4 Å². The number of rotatable bonds is 9. The van der Waals surface area contributed by atoms with Crippen molar-refractivity contribution in [1.82, 2.24) is 0 Å². The van der Waals surface area contributed by atoms with Gasteiger partial charge in [-0.3, -0.25) is 0 Å². The first-order chi connectivity index (χ1) is 14.3. The summed E-state index contributed by atoms with van der Waals surface area (Å²) in [5.41, 5.74) is 1.32. The fraction of sp³-hybridized carbons (Fsp3) is 0.300. The van der Waals surface area contributed by atoms with Crippen LogP contribution in [0, 0.1) is 0 Å². The molecule has 0 unspecified atom stereocenters. The van der Waals surface area contributed by atoms with Gasteiger partial charge in [0, 0.05) is 12.8 Å². The van der Waals surface area contributed by atoms with Gasteiger partial charge in [0.1, 0.15) is 13.2 Å². The fourth-order valence-corrected chi connectivity index (χ4v) is 2.29. The van der Waals surface area contributed by atoms with Crippen molar-refractivity contribution in [2.45, 2.75) is 12.8 Å². The third-order valence-corrected chi connectivity index (χ3v) is 3.82. The van der Waals surface area contributed by atoms with Crippen molar-refractivity contribution in [3.05, 3.63) is 47.5 Å². The number of carbonyl (C=O) groups excluding carboxylic acids is 2. The molecule has 30 heavy (non-hydrogen) atoms. The quantitative estimate of drug-likeness (QED) is 0.269. The summed E-state index contributed by atoms with van der Waals surface area (Å²) in [4.78, 5) is 22.9. The van der Waals surface area contributed by atoms with Gasteiger partial charge in [-0.2, -0.15) is 0 Å². The van der Waals surface area contributed by atoms with Crippen LogP contribution in [0.2, 0.25) is 0 Å². The first kappa shape index (κ1) is 22.5. The summed E-state index contributed by atoms with van der Waals surface area (Å²) in [5, 5.41) is 37.2. The first-order valence-electron chi connectivity index (χ1n) is 8.96. The lowest BCUT2D eigenvalue weighted by Crippen LogP contribution is -2.17. The van der Waals surface area contributed by atoms with E-state index < -0.39 is 12.3 Å². The molecule has 2 rings (SSSR count). The Balaban J connectivity index is 1.52. The van der Waals surface area contributed by atoms with E-state index >= 15 is 0 Å². The Kier molecular flexibility index (Phi) is 8.42. The van der Waals surface area contributed by atoms with Gasteiger partial charge in [0.15, 0.2) is 23.0 Å². The molecule has 10 heteroatoms. The van der Waals surface area contributed by atoms with Gasteiger partial charge in [0.05, 0.1) is 13.2 Å². The van der Waals surface area contributed by atoms with E-state index in [-0.39, 0.29) is 49.4 Å². The molecule has 0 aliphatic rings. The number of ether oxygens (including phenoxy) is 4. The van der Waals surface area contributed by atoms with E-state index in [1.54, 1.807) is 12.1 Å². The second kappa shape index (κ2) is 11.2. The highest BCUT2D eigenvalue weighted by molar-refractivity contribution is 5.60. The molecule has 0 radical (unpaired) electrons. The second-order valence-electron chi connectivity index (χ2n) is 6.04. The Morgan fingerprint density at radius 3 is 1.30 bits per heavy atom. The second-order valence-corrected chi connectivity index (χ2v) is 6.04. The number of benzene rings is 2. The topological polar surface area (TPSA) is 152 Å². The molecule has 0 bridgehead atoms. The van der Waals surface area contributed by atoms with Crippen molar-refractivity contribution in [3.8, 4) is 23.0 Å². The van der Waals surface area contributed by atoms with E-state index in [9.17, 15) is 30.0 Å². The summed E-state index contributed by atoms with van der Waals surface area (Å²) in [6, 6.07) is 8.52. The van der Waals surface area contributed by atoms with Crippen molar-refractivity contribution in [1.29, 1.82) is 0 Å². The van der Waals surface area contributed by atoms with Gasteiger partial charge in [0.2, 0.25) is 0 Å². The predicted octanol–water partition coefficient (Wildman–Crippen LogP) is 2.60. The molecule has 10 nitrogen and oxygen atoms in total. The van der Waals surface area contributed by atoms with Crippen LogP contribution in [-0.4, -0.2) is 59.2 Å². The molecular formula is C20H22O10. The summed E-state index contributed by atoms with van der Waals surface area (Å²) in [6.45, 7) is -0.447. The van der Waals surface area contributed by atoms with E-state index in [2.05, 4.69) is 0 Å². The van der Waals surface area contributed by atoms with Gasteiger partial charge in [-0.05, 0) is 35.4 Å². The molecule has 0 saturated carbocycles. The van der Waals surface area contributed by atoms with Crippen LogP contribution < -0.4 is 0 Å². The van der Waals surface area contributed by atoms with E-state index in [0.717, 1.165) is 0 Å². The largest absolute Gasteiger partial charge is 0.508 e. The van der Waals surface area contributed by atoms with Crippen LogP contribution in [0.25, 0.3) is 0 Å². The first-order valence-corrected chi connectivity index (χ1v) is 8.96. The minimum atomic E-state index is -0.942. The Hall–Kier alpha value is -3.82. The van der Waals surface area contributed by atoms with Crippen LogP contribution in [-0.2, 0) is 31.8 Å². The van der Waals surface area contributed by atoms with Gasteiger partial charge in [-0.1, -0.05) is 12.1 Å². The fourth-order valence-electron chi connectivity index (χ4n) is 2.29. The summed E-state index contributed by atoms with van der Waals surface area (Å²) in [6.07, 6.45) is -1.26. The lowest BCUT2D eigenvalue weighted by atomic mass is 10.1. The van der Waals surface area contributed by atoms with Gasteiger partial charge in [-0.25, -0.2) is 9.59 Å². The number of hydrogen-bond acceptors (Lipinski definition) is 10. The smallest absolute Gasteiger partial charge is 0.504 e.